The van der Waals surface area contributed by atoms with E-state index in [2.05, 4.69) is 19.3 Å². The van der Waals surface area contributed by atoms with Crippen LogP contribution in [0.15, 0.2) is 18.3 Å². The summed E-state index contributed by atoms with van der Waals surface area (Å²) in [5, 5.41) is 2.41. The summed E-state index contributed by atoms with van der Waals surface area (Å²) in [7, 11) is -10.1. The van der Waals surface area contributed by atoms with Gasteiger partial charge in [0, 0.05) is 6.20 Å². The third-order valence-electron chi connectivity index (χ3n) is 1.46. The number of hydrogen-bond acceptors (Lipinski definition) is 6. The highest BCUT2D eigenvalue weighted by atomic mass is 35.5. The normalized spacial score (nSPS) is 12.7. The van der Waals surface area contributed by atoms with Crippen molar-refractivity contribution in [2.75, 3.05) is 5.32 Å². The summed E-state index contributed by atoms with van der Waals surface area (Å²) in [6, 6.07) is 2.66. The molecule has 108 valence electrons. The van der Waals surface area contributed by atoms with E-state index in [-0.39, 0.29) is 10.8 Å². The maximum atomic E-state index is 10.6. The molecule has 0 radical (unpaired) electrons. The monoisotopic (exact) mass is 334 g/mol. The Labute approximate surface area is 111 Å². The summed E-state index contributed by atoms with van der Waals surface area (Å²) in [5.41, 5.74) is 0. The molecule has 0 amide bonds. The fraction of sp³-hybridized carbons (Fsp3) is 0.167. The molecule has 0 unspecified atom stereocenters. The van der Waals surface area contributed by atoms with E-state index >= 15 is 0 Å². The molecule has 0 aliphatic carbocycles. The Morgan fingerprint density at radius 2 is 1.68 bits per heavy atom. The Balaban J connectivity index is 2.82. The topological polar surface area (TPSA) is 158 Å². The third-order valence-corrected chi connectivity index (χ3v) is 2.62. The lowest BCUT2D eigenvalue weighted by Gasteiger charge is -2.20. The zero-order chi connectivity index (χ0) is 14.7. The summed E-state index contributed by atoms with van der Waals surface area (Å²) < 4.78 is 29.3. The first-order chi connectivity index (χ1) is 8.55. The first kappa shape index (κ1) is 16.5. The molecule has 0 spiro atoms. The Morgan fingerprint density at radius 1 is 1.16 bits per heavy atom. The van der Waals surface area contributed by atoms with E-state index in [0.717, 1.165) is 0 Å². The van der Waals surface area contributed by atoms with Gasteiger partial charge in [-0.3, -0.25) is 0 Å². The summed E-state index contributed by atoms with van der Waals surface area (Å²) in [5.74, 6) is -0.0312. The van der Waals surface area contributed by atoms with Crippen molar-refractivity contribution in [1.29, 1.82) is 0 Å². The maximum Gasteiger partial charge on any atom is 0.473 e. The molecule has 10 nitrogen and oxygen atoms in total. The predicted molar refractivity (Wildman–Crippen MR) is 62.9 cm³/mol. The van der Waals surface area contributed by atoms with Gasteiger partial charge in [-0.25, -0.2) is 23.2 Å². The van der Waals surface area contributed by atoms with Crippen molar-refractivity contribution in [3.05, 3.63) is 23.4 Å². The molecule has 1 aromatic rings. The Morgan fingerprint density at radius 3 is 2.05 bits per heavy atom. The number of halogens is 1. The number of anilines is 1. The van der Waals surface area contributed by atoms with Gasteiger partial charge in [0.2, 0.25) is 0 Å². The molecular weight excluding hydrogens is 325 g/mol. The van der Waals surface area contributed by atoms with Crippen LogP contribution in [0.25, 0.3) is 0 Å². The van der Waals surface area contributed by atoms with E-state index in [1.807, 2.05) is 0 Å². The van der Waals surface area contributed by atoms with Crippen molar-refractivity contribution in [3.63, 3.8) is 0 Å². The number of rotatable bonds is 6. The molecule has 1 rings (SSSR count). The second-order valence-electron chi connectivity index (χ2n) is 3.03. The number of aromatic nitrogens is 1. The van der Waals surface area contributed by atoms with Crippen LogP contribution in [0.1, 0.15) is 0 Å². The Bertz CT molecular complexity index is 488. The summed E-state index contributed by atoms with van der Waals surface area (Å²) in [4.78, 5) is 38.0. The average molecular weight is 335 g/mol. The Kier molecular flexibility index (Phi) is 5.45. The van der Waals surface area contributed by atoms with Gasteiger partial charge in [-0.05, 0) is 12.1 Å². The van der Waals surface area contributed by atoms with Gasteiger partial charge in [0.15, 0.2) is 0 Å². The summed E-state index contributed by atoms with van der Waals surface area (Å²) in [6.07, 6.45) is -0.911. The van der Waals surface area contributed by atoms with Crippen LogP contribution >= 0.6 is 27.2 Å². The molecule has 13 heteroatoms. The SMILES string of the molecule is O=P(O)(O)OC(Nc1ccc(Cl)cn1)OP(=O)(O)O. The number of hydrogen-bond donors (Lipinski definition) is 5. The van der Waals surface area contributed by atoms with Gasteiger partial charge < -0.3 is 24.9 Å². The van der Waals surface area contributed by atoms with Gasteiger partial charge in [0.25, 0.3) is 6.41 Å². The zero-order valence-corrected chi connectivity index (χ0v) is 11.5. The van der Waals surface area contributed by atoms with E-state index < -0.39 is 22.1 Å². The van der Waals surface area contributed by atoms with Gasteiger partial charge in [-0.2, -0.15) is 0 Å². The first-order valence-electron chi connectivity index (χ1n) is 4.41. The Hall–Kier alpha value is -0.540. The zero-order valence-electron chi connectivity index (χ0n) is 8.95. The average Bonchev–Trinajstić information content (AvgIpc) is 2.16. The van der Waals surface area contributed by atoms with Crippen molar-refractivity contribution < 1.29 is 37.8 Å². The van der Waals surface area contributed by atoms with Crippen LogP contribution in [0.4, 0.5) is 5.82 Å². The van der Waals surface area contributed by atoms with E-state index in [1.54, 1.807) is 0 Å². The van der Waals surface area contributed by atoms with Crippen molar-refractivity contribution >= 4 is 33.1 Å². The maximum absolute atomic E-state index is 10.6. The van der Waals surface area contributed by atoms with E-state index in [4.69, 9.17) is 31.2 Å². The van der Waals surface area contributed by atoms with Crippen molar-refractivity contribution in [3.8, 4) is 0 Å². The first-order valence-corrected chi connectivity index (χ1v) is 7.85. The minimum Gasteiger partial charge on any atom is -0.321 e. The van der Waals surface area contributed by atoms with Gasteiger partial charge in [-0.1, -0.05) is 11.6 Å². The smallest absolute Gasteiger partial charge is 0.321 e. The second-order valence-corrected chi connectivity index (χ2v) is 5.85. The molecule has 0 saturated heterocycles. The highest BCUT2D eigenvalue weighted by Gasteiger charge is 2.29. The van der Waals surface area contributed by atoms with Crippen molar-refractivity contribution in [2.24, 2.45) is 0 Å². The standard InChI is InChI=1S/C6H9ClN2O8P2/c7-4-1-2-5(8-3-4)9-6(16-18(10,11)12)17-19(13,14)15/h1-3,6H,(H,8,9)(H2,10,11,12)(H2,13,14,15). The van der Waals surface area contributed by atoms with E-state index in [0.29, 0.717) is 0 Å². The van der Waals surface area contributed by atoms with Crippen LogP contribution in [0.3, 0.4) is 0 Å². The fourth-order valence-electron chi connectivity index (χ4n) is 0.903. The molecule has 0 aliphatic heterocycles. The molecule has 0 aromatic carbocycles. The van der Waals surface area contributed by atoms with Crippen LogP contribution in [0, 0.1) is 0 Å². The molecule has 0 fully saturated rings. The number of nitrogens with zero attached hydrogens (tertiary/aromatic N) is 1. The predicted octanol–water partition coefficient (Wildman–Crippen LogP) is 0.649. The molecule has 1 aromatic heterocycles. The van der Waals surface area contributed by atoms with Crippen molar-refractivity contribution in [2.45, 2.75) is 6.41 Å². The lowest BCUT2D eigenvalue weighted by atomic mass is 10.5. The van der Waals surface area contributed by atoms with Crippen LogP contribution in [0.2, 0.25) is 5.02 Å². The van der Waals surface area contributed by atoms with Crippen molar-refractivity contribution in [1.82, 2.24) is 4.98 Å². The molecule has 0 saturated carbocycles. The highest BCUT2D eigenvalue weighted by Crippen LogP contribution is 2.44. The number of phosphoric acid groups is 2. The molecule has 5 N–H and O–H groups in total. The van der Waals surface area contributed by atoms with Crippen LogP contribution in [-0.2, 0) is 18.2 Å². The van der Waals surface area contributed by atoms with Gasteiger partial charge in [-0.15, -0.1) is 0 Å². The van der Waals surface area contributed by atoms with Gasteiger partial charge in [0.05, 0.1) is 5.02 Å². The lowest BCUT2D eigenvalue weighted by Crippen LogP contribution is -2.25. The minimum atomic E-state index is -5.04. The molecule has 1 heterocycles. The molecule has 0 bridgehead atoms. The molecule has 0 atom stereocenters. The minimum absolute atomic E-state index is 0.0312. The summed E-state index contributed by atoms with van der Waals surface area (Å²) >= 11 is 5.56. The van der Waals surface area contributed by atoms with Crippen LogP contribution in [0.5, 0.6) is 0 Å². The quantitative estimate of drug-likeness (QED) is 0.369. The van der Waals surface area contributed by atoms with E-state index in [1.165, 1.54) is 18.3 Å². The number of nitrogens with one attached hydrogen (secondary N) is 1. The second kappa shape index (κ2) is 6.27. The number of phosphoric ester groups is 2. The lowest BCUT2D eigenvalue weighted by molar-refractivity contribution is -0.0128. The summed E-state index contributed by atoms with van der Waals surface area (Å²) in [6.45, 7) is 0. The molecule has 0 aliphatic rings. The van der Waals surface area contributed by atoms with E-state index in [9.17, 15) is 9.13 Å². The van der Waals surface area contributed by atoms with Crippen LogP contribution in [-0.4, -0.2) is 31.0 Å². The van der Waals surface area contributed by atoms with Crippen LogP contribution < -0.4 is 5.32 Å². The van der Waals surface area contributed by atoms with Gasteiger partial charge >= 0.3 is 15.6 Å². The third kappa shape index (κ3) is 7.58. The highest BCUT2D eigenvalue weighted by molar-refractivity contribution is 7.47. The largest absolute Gasteiger partial charge is 0.473 e. The van der Waals surface area contributed by atoms with Gasteiger partial charge in [0.1, 0.15) is 5.82 Å². The molecule has 19 heavy (non-hydrogen) atoms. The number of pyridine rings is 1. The fourth-order valence-corrected chi connectivity index (χ4v) is 1.77. The molecular formula is C6H9ClN2O8P2.